The molecule has 1 aromatic carbocycles. The Hall–Kier alpha value is -3.45. The van der Waals surface area contributed by atoms with Crippen molar-refractivity contribution >= 4 is 46.0 Å². The molecule has 0 saturated heterocycles. The van der Waals surface area contributed by atoms with Crippen LogP contribution in [0, 0.1) is 13.8 Å². The molecular formula is C20H21N5O6S2. The van der Waals surface area contributed by atoms with E-state index in [1.54, 1.807) is 4.68 Å². The van der Waals surface area contributed by atoms with Gasteiger partial charge in [-0.05, 0) is 41.5 Å². The van der Waals surface area contributed by atoms with Crippen molar-refractivity contribution in [1.82, 2.24) is 20.2 Å². The third-order valence-corrected chi connectivity index (χ3v) is 6.46. The van der Waals surface area contributed by atoms with Crippen molar-refractivity contribution in [3.63, 3.8) is 0 Å². The summed E-state index contributed by atoms with van der Waals surface area (Å²) in [5, 5.41) is 12.2. The van der Waals surface area contributed by atoms with Gasteiger partial charge in [-0.3, -0.25) is 4.79 Å². The predicted octanol–water partition coefficient (Wildman–Crippen LogP) is 2.33. The fourth-order valence-corrected chi connectivity index (χ4v) is 4.55. The average Bonchev–Trinajstić information content (AvgIpc) is 3.40. The van der Waals surface area contributed by atoms with Crippen LogP contribution in [0.1, 0.15) is 36.7 Å². The number of hydrogen-bond acceptors (Lipinski definition) is 12. The second-order valence-corrected chi connectivity index (χ2v) is 8.74. The number of nitrogens with two attached hydrogens (primary N) is 1. The number of thiophene rings is 1. The van der Waals surface area contributed by atoms with Gasteiger partial charge in [-0.15, -0.1) is 16.4 Å². The number of benzene rings is 1. The van der Waals surface area contributed by atoms with Crippen LogP contribution in [0.25, 0.3) is 5.69 Å². The van der Waals surface area contributed by atoms with Crippen LogP contribution in [-0.4, -0.2) is 58.1 Å². The van der Waals surface area contributed by atoms with Crippen LogP contribution in [0.15, 0.2) is 23.4 Å². The summed E-state index contributed by atoms with van der Waals surface area (Å²) in [5.41, 5.74) is 8.80. The minimum absolute atomic E-state index is 0.0257. The summed E-state index contributed by atoms with van der Waals surface area (Å²) in [5.74, 6) is -2.15. The van der Waals surface area contributed by atoms with E-state index in [4.69, 9.17) is 19.9 Å². The fraction of sp³-hybridized carbons (Fsp3) is 0.300. The van der Waals surface area contributed by atoms with Gasteiger partial charge >= 0.3 is 17.9 Å². The molecule has 0 aliphatic carbocycles. The molecule has 2 N–H and O–H groups in total. The van der Waals surface area contributed by atoms with Crippen LogP contribution >= 0.6 is 23.1 Å². The number of rotatable bonds is 8. The number of tetrazole rings is 1. The number of nitrogens with zero attached hydrogens (tertiary/aromatic N) is 4. The molecule has 174 valence electrons. The molecule has 0 amide bonds. The second kappa shape index (κ2) is 10.4. The minimum Gasteiger partial charge on any atom is -0.465 e. The summed E-state index contributed by atoms with van der Waals surface area (Å²) < 4.78 is 16.3. The zero-order valence-corrected chi connectivity index (χ0v) is 19.9. The van der Waals surface area contributed by atoms with Crippen LogP contribution in [0.2, 0.25) is 0 Å². The van der Waals surface area contributed by atoms with Crippen LogP contribution in [-0.2, 0) is 25.6 Å². The third-order valence-electron chi connectivity index (χ3n) is 4.52. The van der Waals surface area contributed by atoms with Gasteiger partial charge in [-0.25, -0.2) is 9.59 Å². The van der Waals surface area contributed by atoms with Crippen molar-refractivity contribution in [3.8, 4) is 5.69 Å². The van der Waals surface area contributed by atoms with Crippen LogP contribution in [0.3, 0.4) is 0 Å². The van der Waals surface area contributed by atoms with E-state index in [1.165, 1.54) is 14.2 Å². The molecule has 2 heterocycles. The van der Waals surface area contributed by atoms with Gasteiger partial charge in [0.1, 0.15) is 22.0 Å². The van der Waals surface area contributed by atoms with Gasteiger partial charge in [0.2, 0.25) is 5.16 Å². The summed E-state index contributed by atoms with van der Waals surface area (Å²) in [4.78, 5) is 36.7. The van der Waals surface area contributed by atoms with Crippen molar-refractivity contribution < 1.29 is 28.6 Å². The Bertz CT molecular complexity index is 1210. The van der Waals surface area contributed by atoms with Gasteiger partial charge in [0.15, 0.2) is 0 Å². The number of carbonyl (C=O) groups excluding carboxylic acids is 3. The molecule has 0 atom stereocenters. The number of aromatic nitrogens is 4. The van der Waals surface area contributed by atoms with E-state index in [0.717, 1.165) is 39.9 Å². The first-order chi connectivity index (χ1) is 15.8. The Labute approximate surface area is 197 Å². The highest BCUT2D eigenvalue weighted by molar-refractivity contribution is 7.99. The van der Waals surface area contributed by atoms with Gasteiger partial charge < -0.3 is 19.9 Å². The standard InChI is InChI=1S/C20H21N5O6S2/c1-10-5-6-11(2)13(7-10)25-20(22-23-24-25)32-9-14(26)31-8-12-15(18(27)29-3)17(21)33-16(12)19(28)30-4/h5-7H,8-9,21H2,1-4H3. The number of methoxy groups -OCH3 is 2. The first-order valence-corrected chi connectivity index (χ1v) is 11.3. The van der Waals surface area contributed by atoms with Crippen LogP contribution in [0.4, 0.5) is 5.00 Å². The number of anilines is 1. The summed E-state index contributed by atoms with van der Waals surface area (Å²) in [6.45, 7) is 3.53. The van der Waals surface area contributed by atoms with E-state index in [9.17, 15) is 14.4 Å². The zero-order chi connectivity index (χ0) is 24.1. The van der Waals surface area contributed by atoms with E-state index < -0.39 is 17.9 Å². The molecular weight excluding hydrogens is 470 g/mol. The Morgan fingerprint density at radius 1 is 1.15 bits per heavy atom. The van der Waals surface area contributed by atoms with E-state index in [1.807, 2.05) is 32.0 Å². The highest BCUT2D eigenvalue weighted by Gasteiger charge is 2.28. The molecule has 0 fully saturated rings. The number of carbonyl (C=O) groups is 3. The summed E-state index contributed by atoms with van der Waals surface area (Å²) >= 11 is 1.95. The highest BCUT2D eigenvalue weighted by Crippen LogP contribution is 2.33. The average molecular weight is 492 g/mol. The normalized spacial score (nSPS) is 10.7. The first-order valence-electron chi connectivity index (χ1n) is 9.49. The Morgan fingerprint density at radius 2 is 1.88 bits per heavy atom. The molecule has 33 heavy (non-hydrogen) atoms. The molecule has 0 bridgehead atoms. The molecule has 0 spiro atoms. The lowest BCUT2D eigenvalue weighted by atomic mass is 10.1. The lowest BCUT2D eigenvalue weighted by molar-refractivity contribution is -0.141. The SMILES string of the molecule is COC(=O)c1sc(N)c(C(=O)OC)c1COC(=O)CSc1nnnn1-c1cc(C)ccc1C. The molecule has 0 saturated carbocycles. The van der Waals surface area contributed by atoms with E-state index >= 15 is 0 Å². The Morgan fingerprint density at radius 3 is 2.58 bits per heavy atom. The summed E-state index contributed by atoms with van der Waals surface area (Å²) in [7, 11) is 2.38. The third kappa shape index (κ3) is 5.31. The Kier molecular flexibility index (Phi) is 7.66. The monoisotopic (exact) mass is 491 g/mol. The molecule has 0 aliphatic rings. The van der Waals surface area contributed by atoms with E-state index in [2.05, 4.69) is 15.5 Å². The number of hydrogen-bond donors (Lipinski definition) is 1. The number of thioether (sulfide) groups is 1. The summed E-state index contributed by atoms with van der Waals surface area (Å²) in [6.07, 6.45) is 0. The lowest BCUT2D eigenvalue weighted by Crippen LogP contribution is -2.14. The molecule has 0 aliphatic heterocycles. The predicted molar refractivity (Wildman–Crippen MR) is 121 cm³/mol. The molecule has 11 nitrogen and oxygen atoms in total. The molecule has 3 rings (SSSR count). The topological polar surface area (TPSA) is 149 Å². The molecule has 0 unspecified atom stereocenters. The Balaban J connectivity index is 1.72. The number of aryl methyl sites for hydroxylation is 2. The molecule has 3 aromatic rings. The maximum atomic E-state index is 12.4. The van der Waals surface area contributed by atoms with Gasteiger partial charge in [-0.1, -0.05) is 23.9 Å². The highest BCUT2D eigenvalue weighted by atomic mass is 32.2. The lowest BCUT2D eigenvalue weighted by Gasteiger charge is -2.09. The smallest absolute Gasteiger partial charge is 0.348 e. The van der Waals surface area contributed by atoms with Crippen LogP contribution < -0.4 is 5.73 Å². The summed E-state index contributed by atoms with van der Waals surface area (Å²) in [6, 6.07) is 5.88. The molecule has 2 aromatic heterocycles. The van der Waals surface area contributed by atoms with Gasteiger partial charge in [0.05, 0.1) is 25.7 Å². The minimum atomic E-state index is -0.743. The van der Waals surface area contributed by atoms with Gasteiger partial charge in [-0.2, -0.15) is 4.68 Å². The number of ether oxygens (including phenoxy) is 3. The van der Waals surface area contributed by atoms with Crippen molar-refractivity contribution in [1.29, 1.82) is 0 Å². The van der Waals surface area contributed by atoms with Crippen molar-refractivity contribution in [2.45, 2.75) is 25.6 Å². The van der Waals surface area contributed by atoms with Crippen LogP contribution in [0.5, 0.6) is 0 Å². The first kappa shape index (κ1) is 24.2. The zero-order valence-electron chi connectivity index (χ0n) is 18.3. The fourth-order valence-electron chi connectivity index (χ4n) is 2.89. The maximum Gasteiger partial charge on any atom is 0.348 e. The van der Waals surface area contributed by atoms with Gasteiger partial charge in [0, 0.05) is 5.56 Å². The van der Waals surface area contributed by atoms with Crippen molar-refractivity contribution in [3.05, 3.63) is 45.3 Å². The number of esters is 3. The van der Waals surface area contributed by atoms with E-state index in [-0.39, 0.29) is 33.4 Å². The molecule has 0 radical (unpaired) electrons. The van der Waals surface area contributed by atoms with Crippen molar-refractivity contribution in [2.24, 2.45) is 0 Å². The van der Waals surface area contributed by atoms with E-state index in [0.29, 0.717) is 5.16 Å². The van der Waals surface area contributed by atoms with Gasteiger partial charge in [0.25, 0.3) is 0 Å². The second-order valence-electron chi connectivity index (χ2n) is 6.74. The largest absolute Gasteiger partial charge is 0.465 e. The quantitative estimate of drug-likeness (QED) is 0.281. The maximum absolute atomic E-state index is 12.4. The van der Waals surface area contributed by atoms with Crippen molar-refractivity contribution in [2.75, 3.05) is 25.7 Å². The number of nitrogen functional groups attached to an aromatic ring is 1. The molecule has 13 heteroatoms.